The lowest BCUT2D eigenvalue weighted by Crippen LogP contribution is -2.54. The van der Waals surface area contributed by atoms with Crippen LogP contribution >= 0.6 is 0 Å². The van der Waals surface area contributed by atoms with Gasteiger partial charge in [0.1, 0.15) is 5.78 Å². The summed E-state index contributed by atoms with van der Waals surface area (Å²) in [5.74, 6) is -4.96. The second-order valence-corrected chi connectivity index (χ2v) is 8.79. The molecule has 1 N–H and O–H groups in total. The number of hydrogen-bond donors (Lipinski definition) is 1. The highest BCUT2D eigenvalue weighted by molar-refractivity contribution is 6.13. The number of nitro benzene ring substituents is 1. The van der Waals surface area contributed by atoms with Gasteiger partial charge in [0.2, 0.25) is 0 Å². The Morgan fingerprint density at radius 1 is 0.912 bits per heavy atom. The first kappa shape index (κ1) is 23.2. The highest BCUT2D eigenvalue weighted by Gasteiger charge is 2.55. The van der Waals surface area contributed by atoms with E-state index < -0.39 is 45.6 Å². The summed E-state index contributed by atoms with van der Waals surface area (Å²) in [6.07, 6.45) is -0.384. The van der Waals surface area contributed by atoms with E-state index in [4.69, 9.17) is 0 Å². The lowest BCUT2D eigenvalue weighted by Gasteiger charge is -2.44. The van der Waals surface area contributed by atoms with Crippen molar-refractivity contribution in [3.8, 4) is 0 Å². The number of benzene rings is 3. The minimum Gasteiger partial charge on any atom is -0.389 e. The molecule has 172 valence electrons. The molecule has 1 fully saturated rings. The van der Waals surface area contributed by atoms with E-state index in [1.165, 1.54) is 25.1 Å². The van der Waals surface area contributed by atoms with Crippen molar-refractivity contribution in [2.24, 2.45) is 11.8 Å². The van der Waals surface area contributed by atoms with Crippen molar-refractivity contribution in [3.63, 3.8) is 0 Å². The standard InChI is InChI=1S/C27H23NO6/c1-27(32)16-21(29)23(25(30)17-9-4-2-5-10-17)22(19-13-8-14-20(15-19)28(33)34)24(27)26(31)18-11-6-3-7-12-18/h2-15,22-24,32H,16H2,1H3/t22-,23-,24-,27-/m0/s1. The molecule has 1 saturated carbocycles. The third-order valence-corrected chi connectivity index (χ3v) is 6.41. The van der Waals surface area contributed by atoms with Gasteiger partial charge < -0.3 is 5.11 Å². The molecule has 1 aliphatic carbocycles. The Bertz CT molecular complexity index is 1250. The largest absolute Gasteiger partial charge is 0.389 e. The molecule has 0 amide bonds. The number of rotatable bonds is 6. The molecule has 0 aromatic heterocycles. The van der Waals surface area contributed by atoms with E-state index in [-0.39, 0.29) is 17.7 Å². The highest BCUT2D eigenvalue weighted by Crippen LogP contribution is 2.48. The van der Waals surface area contributed by atoms with Gasteiger partial charge in [-0.15, -0.1) is 0 Å². The quantitative estimate of drug-likeness (QED) is 0.254. The Kier molecular flexibility index (Phi) is 6.22. The van der Waals surface area contributed by atoms with Gasteiger partial charge in [-0.3, -0.25) is 24.5 Å². The minimum atomic E-state index is -1.76. The maximum absolute atomic E-state index is 13.7. The molecule has 7 nitrogen and oxygen atoms in total. The Labute approximate surface area is 196 Å². The molecule has 7 heteroatoms. The zero-order valence-corrected chi connectivity index (χ0v) is 18.5. The van der Waals surface area contributed by atoms with E-state index in [0.29, 0.717) is 11.1 Å². The van der Waals surface area contributed by atoms with Crippen LogP contribution in [0, 0.1) is 22.0 Å². The van der Waals surface area contributed by atoms with Gasteiger partial charge in [-0.2, -0.15) is 0 Å². The Hall–Kier alpha value is -3.97. The van der Waals surface area contributed by atoms with Gasteiger partial charge in [0.25, 0.3) is 5.69 Å². The molecule has 0 unspecified atom stereocenters. The van der Waals surface area contributed by atoms with Crippen molar-refractivity contribution < 1.29 is 24.4 Å². The predicted octanol–water partition coefficient (Wildman–Crippen LogP) is 4.40. The summed E-state index contributed by atoms with van der Waals surface area (Å²) < 4.78 is 0. The van der Waals surface area contributed by atoms with Crippen LogP contribution in [0.15, 0.2) is 84.9 Å². The number of nitrogens with zero attached hydrogens (tertiary/aromatic N) is 1. The third-order valence-electron chi connectivity index (χ3n) is 6.41. The van der Waals surface area contributed by atoms with Crippen molar-refractivity contribution in [3.05, 3.63) is 112 Å². The fourth-order valence-electron chi connectivity index (χ4n) is 4.90. The summed E-state index contributed by atoms with van der Waals surface area (Å²) in [5, 5.41) is 22.8. The average Bonchev–Trinajstić information content (AvgIpc) is 2.83. The van der Waals surface area contributed by atoms with Gasteiger partial charge >= 0.3 is 0 Å². The Morgan fingerprint density at radius 2 is 1.47 bits per heavy atom. The highest BCUT2D eigenvalue weighted by atomic mass is 16.6. The number of carbonyl (C=O) groups is 3. The Balaban J connectivity index is 1.92. The normalized spacial score (nSPS) is 24.4. The van der Waals surface area contributed by atoms with Crippen molar-refractivity contribution in [2.45, 2.75) is 24.9 Å². The SMILES string of the molecule is C[C@]1(O)CC(=O)[C@H](C(=O)c2ccccc2)[C@H](c2cccc([N+](=O)[O-])c2)[C@H]1C(=O)c1ccccc1. The maximum Gasteiger partial charge on any atom is 0.269 e. The van der Waals surface area contributed by atoms with E-state index in [9.17, 15) is 29.6 Å². The number of Topliss-reactive ketones (excluding diaryl/α,β-unsaturated/α-hetero) is 3. The molecule has 0 radical (unpaired) electrons. The summed E-state index contributed by atoms with van der Waals surface area (Å²) in [5.41, 5.74) is -1.09. The second kappa shape index (κ2) is 9.11. The number of ketones is 3. The van der Waals surface area contributed by atoms with Crippen LogP contribution in [0.3, 0.4) is 0 Å². The summed E-state index contributed by atoms with van der Waals surface area (Å²) in [7, 11) is 0. The molecule has 4 rings (SSSR count). The summed E-state index contributed by atoms with van der Waals surface area (Å²) >= 11 is 0. The van der Waals surface area contributed by atoms with Crippen LogP contribution in [-0.2, 0) is 4.79 Å². The molecule has 3 aromatic rings. The number of nitro groups is 1. The van der Waals surface area contributed by atoms with Crippen LogP contribution in [0.25, 0.3) is 0 Å². The molecule has 3 aromatic carbocycles. The molecule has 34 heavy (non-hydrogen) atoms. The molecule has 4 atom stereocenters. The first-order valence-corrected chi connectivity index (χ1v) is 10.9. The van der Waals surface area contributed by atoms with Crippen molar-refractivity contribution in [1.29, 1.82) is 0 Å². The Morgan fingerprint density at radius 3 is 2.03 bits per heavy atom. The molecule has 0 spiro atoms. The van der Waals surface area contributed by atoms with Crippen molar-refractivity contribution in [1.82, 2.24) is 0 Å². The zero-order valence-electron chi connectivity index (χ0n) is 18.5. The van der Waals surface area contributed by atoms with E-state index in [1.807, 2.05) is 0 Å². The molecular weight excluding hydrogens is 434 g/mol. The fourth-order valence-corrected chi connectivity index (χ4v) is 4.90. The first-order valence-electron chi connectivity index (χ1n) is 10.9. The van der Waals surface area contributed by atoms with Gasteiger partial charge in [-0.25, -0.2) is 0 Å². The second-order valence-electron chi connectivity index (χ2n) is 8.79. The summed E-state index contributed by atoms with van der Waals surface area (Å²) in [6, 6.07) is 22.2. The zero-order chi connectivity index (χ0) is 24.5. The third kappa shape index (κ3) is 4.30. The number of aliphatic hydroxyl groups is 1. The van der Waals surface area contributed by atoms with E-state index in [2.05, 4.69) is 0 Å². The summed E-state index contributed by atoms with van der Waals surface area (Å²) in [4.78, 5) is 51.5. The van der Waals surface area contributed by atoms with E-state index >= 15 is 0 Å². The molecule has 1 aliphatic rings. The summed E-state index contributed by atoms with van der Waals surface area (Å²) in [6.45, 7) is 1.41. The van der Waals surface area contributed by atoms with Crippen LogP contribution in [-0.4, -0.2) is 33.0 Å². The van der Waals surface area contributed by atoms with E-state index in [1.54, 1.807) is 66.7 Å². The van der Waals surface area contributed by atoms with Crippen LogP contribution in [0.2, 0.25) is 0 Å². The molecule has 0 aliphatic heterocycles. The topological polar surface area (TPSA) is 115 Å². The fraction of sp³-hybridized carbons (Fsp3) is 0.222. The van der Waals surface area contributed by atoms with E-state index in [0.717, 1.165) is 0 Å². The lowest BCUT2D eigenvalue weighted by atomic mass is 9.58. The van der Waals surface area contributed by atoms with Gasteiger partial charge in [-0.1, -0.05) is 72.8 Å². The van der Waals surface area contributed by atoms with Crippen molar-refractivity contribution in [2.75, 3.05) is 0 Å². The van der Waals surface area contributed by atoms with Gasteiger partial charge in [-0.05, 0) is 12.5 Å². The molecule has 0 heterocycles. The van der Waals surface area contributed by atoms with Gasteiger partial charge in [0.05, 0.1) is 22.4 Å². The smallest absolute Gasteiger partial charge is 0.269 e. The van der Waals surface area contributed by atoms with Crippen LogP contribution in [0.5, 0.6) is 0 Å². The molecular formula is C27H23NO6. The maximum atomic E-state index is 13.7. The molecule has 0 bridgehead atoms. The van der Waals surface area contributed by atoms with Gasteiger partial charge in [0.15, 0.2) is 11.6 Å². The predicted molar refractivity (Wildman–Crippen MR) is 125 cm³/mol. The number of non-ortho nitro benzene ring substituents is 1. The van der Waals surface area contributed by atoms with Crippen LogP contribution < -0.4 is 0 Å². The lowest BCUT2D eigenvalue weighted by molar-refractivity contribution is -0.385. The number of hydrogen-bond acceptors (Lipinski definition) is 6. The van der Waals surface area contributed by atoms with Crippen LogP contribution in [0.1, 0.15) is 45.5 Å². The monoisotopic (exact) mass is 457 g/mol. The van der Waals surface area contributed by atoms with Crippen LogP contribution in [0.4, 0.5) is 5.69 Å². The molecule has 0 saturated heterocycles. The first-order chi connectivity index (χ1) is 16.2. The number of carbonyl (C=O) groups excluding carboxylic acids is 3. The average molecular weight is 457 g/mol. The minimum absolute atomic E-state index is 0.230. The van der Waals surface area contributed by atoms with Gasteiger partial charge in [0, 0.05) is 35.6 Å². The van der Waals surface area contributed by atoms with Crippen molar-refractivity contribution >= 4 is 23.0 Å².